The van der Waals surface area contributed by atoms with E-state index in [0.29, 0.717) is 0 Å². The Bertz CT molecular complexity index is 783. The van der Waals surface area contributed by atoms with Crippen LogP contribution >= 0.6 is 0 Å². The lowest BCUT2D eigenvalue weighted by atomic mass is 9.71. The van der Waals surface area contributed by atoms with Crippen LogP contribution in [0.3, 0.4) is 0 Å². The fraction of sp³-hybridized carbons (Fsp3) is 0.316. The molecular formula is C19H21N3. The molecule has 3 heterocycles. The van der Waals surface area contributed by atoms with Crippen LogP contribution in [-0.4, -0.2) is 22.5 Å². The first-order chi connectivity index (χ1) is 10.8. The van der Waals surface area contributed by atoms with Crippen LogP contribution in [0, 0.1) is 6.92 Å². The minimum absolute atomic E-state index is 0.0342. The van der Waals surface area contributed by atoms with Crippen molar-refractivity contribution in [3.05, 3.63) is 71.7 Å². The summed E-state index contributed by atoms with van der Waals surface area (Å²) in [6, 6.07) is 15.1. The van der Waals surface area contributed by atoms with E-state index >= 15 is 0 Å². The monoisotopic (exact) mass is 291 g/mol. The third-order valence-corrected chi connectivity index (χ3v) is 4.87. The molecular weight excluding hydrogens is 270 g/mol. The van der Waals surface area contributed by atoms with E-state index in [4.69, 9.17) is 4.98 Å². The largest absolute Gasteiger partial charge is 0.317 e. The molecule has 2 aromatic heterocycles. The number of imidazole rings is 1. The van der Waals surface area contributed by atoms with Gasteiger partial charge in [0, 0.05) is 17.8 Å². The molecule has 0 spiro atoms. The Morgan fingerprint density at radius 1 is 1.00 bits per heavy atom. The summed E-state index contributed by atoms with van der Waals surface area (Å²) in [6.07, 6.45) is 6.58. The van der Waals surface area contributed by atoms with Gasteiger partial charge in [-0.3, -0.25) is 0 Å². The Kier molecular flexibility index (Phi) is 3.23. The smallest absolute Gasteiger partial charge is 0.137 e. The summed E-state index contributed by atoms with van der Waals surface area (Å²) in [5, 5.41) is 3.49. The predicted molar refractivity (Wildman–Crippen MR) is 89.3 cm³/mol. The van der Waals surface area contributed by atoms with Crippen molar-refractivity contribution in [1.82, 2.24) is 14.7 Å². The first-order valence-corrected chi connectivity index (χ1v) is 8.00. The molecule has 4 rings (SSSR count). The number of aryl methyl sites for hydroxylation is 1. The standard InChI is InChI=1S/C19H21N3/c1-15-7-8-18-21-17(14-22(18)13-15)19(9-11-20-12-10-19)16-5-3-2-4-6-16/h2-8,13-14,20H,9-12H2,1H3. The van der Waals surface area contributed by atoms with Crippen LogP contribution in [0.25, 0.3) is 5.65 Å². The predicted octanol–water partition coefficient (Wildman–Crippen LogP) is 3.31. The van der Waals surface area contributed by atoms with Crippen LogP contribution in [0.5, 0.6) is 0 Å². The molecule has 0 saturated carbocycles. The number of hydrogen-bond acceptors (Lipinski definition) is 2. The summed E-state index contributed by atoms with van der Waals surface area (Å²) in [4.78, 5) is 4.96. The molecule has 3 aromatic rings. The second-order valence-corrected chi connectivity index (χ2v) is 6.30. The van der Waals surface area contributed by atoms with Crippen LogP contribution in [-0.2, 0) is 5.41 Å². The van der Waals surface area contributed by atoms with Gasteiger partial charge in [-0.15, -0.1) is 0 Å². The van der Waals surface area contributed by atoms with Gasteiger partial charge in [-0.2, -0.15) is 0 Å². The molecule has 3 nitrogen and oxygen atoms in total. The summed E-state index contributed by atoms with van der Waals surface area (Å²) in [7, 11) is 0. The molecule has 0 bridgehead atoms. The summed E-state index contributed by atoms with van der Waals surface area (Å²) in [5.74, 6) is 0. The number of benzene rings is 1. The maximum absolute atomic E-state index is 4.96. The highest BCUT2D eigenvalue weighted by Gasteiger charge is 2.37. The van der Waals surface area contributed by atoms with Crippen LogP contribution in [0.2, 0.25) is 0 Å². The van der Waals surface area contributed by atoms with E-state index in [1.165, 1.54) is 16.8 Å². The van der Waals surface area contributed by atoms with Crippen LogP contribution in [0.15, 0.2) is 54.9 Å². The average molecular weight is 291 g/mol. The van der Waals surface area contributed by atoms with E-state index in [1.54, 1.807) is 0 Å². The number of fused-ring (bicyclic) bond motifs is 1. The first-order valence-electron chi connectivity index (χ1n) is 8.00. The highest BCUT2D eigenvalue weighted by Crippen LogP contribution is 2.39. The molecule has 0 unspecified atom stereocenters. The van der Waals surface area contributed by atoms with Gasteiger partial charge < -0.3 is 9.72 Å². The number of aromatic nitrogens is 2. The molecule has 112 valence electrons. The number of piperidine rings is 1. The Hall–Kier alpha value is -2.13. The molecule has 0 amide bonds. The fourth-order valence-electron chi connectivity index (χ4n) is 3.64. The van der Waals surface area contributed by atoms with Crippen LogP contribution in [0.1, 0.15) is 29.7 Å². The molecule has 1 aromatic carbocycles. The Morgan fingerprint density at radius 2 is 1.77 bits per heavy atom. The summed E-state index contributed by atoms with van der Waals surface area (Å²) < 4.78 is 2.16. The number of nitrogens with one attached hydrogen (secondary N) is 1. The van der Waals surface area contributed by atoms with Crippen molar-refractivity contribution in [3.8, 4) is 0 Å². The lowest BCUT2D eigenvalue weighted by molar-refractivity contribution is 0.355. The van der Waals surface area contributed by atoms with Gasteiger partial charge >= 0.3 is 0 Å². The van der Waals surface area contributed by atoms with E-state index in [9.17, 15) is 0 Å². The number of rotatable bonds is 2. The van der Waals surface area contributed by atoms with Crippen molar-refractivity contribution < 1.29 is 0 Å². The van der Waals surface area contributed by atoms with Crippen molar-refractivity contribution in [2.75, 3.05) is 13.1 Å². The van der Waals surface area contributed by atoms with Crippen molar-refractivity contribution in [3.63, 3.8) is 0 Å². The van der Waals surface area contributed by atoms with E-state index in [0.717, 1.165) is 31.6 Å². The first kappa shape index (κ1) is 13.5. The maximum atomic E-state index is 4.96. The quantitative estimate of drug-likeness (QED) is 0.785. The molecule has 0 radical (unpaired) electrons. The summed E-state index contributed by atoms with van der Waals surface area (Å²) in [6.45, 7) is 4.21. The van der Waals surface area contributed by atoms with E-state index in [-0.39, 0.29) is 5.41 Å². The minimum atomic E-state index is 0.0342. The zero-order valence-electron chi connectivity index (χ0n) is 12.9. The van der Waals surface area contributed by atoms with Crippen molar-refractivity contribution in [2.45, 2.75) is 25.2 Å². The molecule has 1 saturated heterocycles. The van der Waals surface area contributed by atoms with E-state index in [1.807, 2.05) is 0 Å². The molecule has 1 N–H and O–H groups in total. The van der Waals surface area contributed by atoms with Gasteiger partial charge in [-0.05, 0) is 50.0 Å². The van der Waals surface area contributed by atoms with Crippen molar-refractivity contribution in [2.24, 2.45) is 0 Å². The molecule has 1 fully saturated rings. The van der Waals surface area contributed by atoms with E-state index < -0.39 is 0 Å². The normalized spacial score (nSPS) is 17.7. The van der Waals surface area contributed by atoms with Gasteiger partial charge in [-0.25, -0.2) is 4.98 Å². The molecule has 0 aliphatic carbocycles. The third kappa shape index (κ3) is 2.13. The van der Waals surface area contributed by atoms with Crippen molar-refractivity contribution >= 4 is 5.65 Å². The molecule has 22 heavy (non-hydrogen) atoms. The Balaban J connectivity index is 1.89. The zero-order chi connectivity index (χ0) is 15.0. The fourth-order valence-corrected chi connectivity index (χ4v) is 3.64. The summed E-state index contributed by atoms with van der Waals surface area (Å²) in [5.41, 5.74) is 4.92. The maximum Gasteiger partial charge on any atom is 0.137 e. The number of pyridine rings is 1. The SMILES string of the molecule is Cc1ccc2nc(C3(c4ccccc4)CCNCC3)cn2c1. The highest BCUT2D eigenvalue weighted by atomic mass is 15.0. The zero-order valence-corrected chi connectivity index (χ0v) is 12.9. The molecule has 1 aliphatic rings. The Morgan fingerprint density at radius 3 is 2.55 bits per heavy atom. The summed E-state index contributed by atoms with van der Waals surface area (Å²) >= 11 is 0. The van der Waals surface area contributed by atoms with Crippen molar-refractivity contribution in [1.29, 1.82) is 0 Å². The lowest BCUT2D eigenvalue weighted by Crippen LogP contribution is -2.41. The number of nitrogens with zero attached hydrogens (tertiary/aromatic N) is 2. The molecule has 0 atom stereocenters. The van der Waals surface area contributed by atoms with Gasteiger partial charge in [-0.1, -0.05) is 36.4 Å². The topological polar surface area (TPSA) is 29.3 Å². The average Bonchev–Trinajstić information content (AvgIpc) is 3.00. The van der Waals surface area contributed by atoms with Gasteiger partial charge in [0.2, 0.25) is 0 Å². The number of hydrogen-bond donors (Lipinski definition) is 1. The second-order valence-electron chi connectivity index (χ2n) is 6.30. The molecule has 3 heteroatoms. The van der Waals surface area contributed by atoms with Gasteiger partial charge in [0.1, 0.15) is 5.65 Å². The van der Waals surface area contributed by atoms with Crippen LogP contribution < -0.4 is 5.32 Å². The van der Waals surface area contributed by atoms with Crippen LogP contribution in [0.4, 0.5) is 0 Å². The van der Waals surface area contributed by atoms with Gasteiger partial charge in [0.15, 0.2) is 0 Å². The van der Waals surface area contributed by atoms with Gasteiger partial charge in [0.25, 0.3) is 0 Å². The second kappa shape index (κ2) is 5.25. The third-order valence-electron chi connectivity index (χ3n) is 4.87. The minimum Gasteiger partial charge on any atom is -0.317 e. The highest BCUT2D eigenvalue weighted by molar-refractivity contribution is 5.46. The lowest BCUT2D eigenvalue weighted by Gasteiger charge is -2.37. The van der Waals surface area contributed by atoms with E-state index in [2.05, 4.69) is 71.5 Å². The van der Waals surface area contributed by atoms with Gasteiger partial charge in [0.05, 0.1) is 5.69 Å². The Labute approximate surface area is 131 Å². The molecule has 1 aliphatic heterocycles.